The van der Waals surface area contributed by atoms with Crippen molar-refractivity contribution in [2.24, 2.45) is 11.3 Å². The molecule has 3 atom stereocenters. The van der Waals surface area contributed by atoms with Crippen molar-refractivity contribution in [1.82, 2.24) is 5.32 Å². The lowest BCUT2D eigenvalue weighted by Gasteiger charge is -2.35. The van der Waals surface area contributed by atoms with Crippen LogP contribution in [0, 0.1) is 11.3 Å². The van der Waals surface area contributed by atoms with Crippen molar-refractivity contribution in [3.8, 4) is 0 Å². The fourth-order valence-electron chi connectivity index (χ4n) is 2.50. The van der Waals surface area contributed by atoms with E-state index in [1.54, 1.807) is 0 Å². The second-order valence-corrected chi connectivity index (χ2v) is 5.02. The molecule has 0 radical (unpaired) electrons. The highest BCUT2D eigenvalue weighted by molar-refractivity contribution is 5.01. The number of nitrogens with one attached hydrogen (secondary N) is 1. The fraction of sp³-hybridized carbons (Fsp3) is 0.833. The molecule has 0 aliphatic heterocycles. The van der Waals surface area contributed by atoms with Crippen LogP contribution >= 0.6 is 0 Å². The van der Waals surface area contributed by atoms with E-state index >= 15 is 0 Å². The quantitative estimate of drug-likeness (QED) is 0.675. The molecule has 2 heteroatoms. The van der Waals surface area contributed by atoms with Gasteiger partial charge in [0.15, 0.2) is 0 Å². The van der Waals surface area contributed by atoms with Crippen LogP contribution in [0.4, 0.5) is 0 Å². The Kier molecular flexibility index (Phi) is 4.14. The molecule has 82 valence electrons. The number of aliphatic hydroxyl groups excluding tert-OH is 1. The lowest BCUT2D eigenvalue weighted by Crippen LogP contribution is -2.33. The van der Waals surface area contributed by atoms with Crippen molar-refractivity contribution in [1.29, 1.82) is 0 Å². The van der Waals surface area contributed by atoms with Gasteiger partial charge in [-0.2, -0.15) is 0 Å². The molecule has 0 aromatic carbocycles. The highest BCUT2D eigenvalue weighted by atomic mass is 16.3. The van der Waals surface area contributed by atoms with Crippen LogP contribution in [0.5, 0.6) is 0 Å². The van der Waals surface area contributed by atoms with E-state index in [1.165, 1.54) is 6.42 Å². The Labute approximate surface area is 87.4 Å². The Morgan fingerprint density at radius 3 is 2.93 bits per heavy atom. The van der Waals surface area contributed by atoms with Crippen LogP contribution in [0.1, 0.15) is 33.1 Å². The zero-order chi connectivity index (χ0) is 10.6. The summed E-state index contributed by atoms with van der Waals surface area (Å²) >= 11 is 0. The molecule has 0 bridgehead atoms. The zero-order valence-electron chi connectivity index (χ0n) is 9.59. The fourth-order valence-corrected chi connectivity index (χ4v) is 2.50. The predicted molar refractivity (Wildman–Crippen MR) is 60.2 cm³/mol. The summed E-state index contributed by atoms with van der Waals surface area (Å²) in [6.07, 6.45) is 7.61. The molecule has 14 heavy (non-hydrogen) atoms. The van der Waals surface area contributed by atoms with Crippen molar-refractivity contribution in [2.75, 3.05) is 13.6 Å². The van der Waals surface area contributed by atoms with Gasteiger partial charge in [-0.1, -0.05) is 19.1 Å². The Hall–Kier alpha value is -0.340. The molecule has 1 aliphatic carbocycles. The van der Waals surface area contributed by atoms with E-state index in [0.29, 0.717) is 11.3 Å². The molecule has 1 aliphatic rings. The highest BCUT2D eigenvalue weighted by Crippen LogP contribution is 2.36. The van der Waals surface area contributed by atoms with E-state index in [0.717, 1.165) is 19.4 Å². The first kappa shape index (κ1) is 11.7. The van der Waals surface area contributed by atoms with Crippen molar-refractivity contribution in [3.05, 3.63) is 12.2 Å². The average Bonchev–Trinajstić information content (AvgIpc) is 2.02. The SMILES string of the molecule is CNCC1(C)CC=CC(CC(C)O)C1. The summed E-state index contributed by atoms with van der Waals surface area (Å²) in [6.45, 7) is 5.26. The van der Waals surface area contributed by atoms with Gasteiger partial charge in [0.1, 0.15) is 0 Å². The Bertz CT molecular complexity index is 200. The van der Waals surface area contributed by atoms with Crippen molar-refractivity contribution in [3.63, 3.8) is 0 Å². The molecule has 0 saturated carbocycles. The second kappa shape index (κ2) is 4.94. The van der Waals surface area contributed by atoms with Crippen LogP contribution in [0.3, 0.4) is 0 Å². The molecule has 0 heterocycles. The van der Waals surface area contributed by atoms with Crippen LogP contribution in [0.15, 0.2) is 12.2 Å². The Balaban J connectivity index is 2.50. The molecular formula is C12H23NO. The number of hydrogen-bond acceptors (Lipinski definition) is 2. The molecular weight excluding hydrogens is 174 g/mol. The third-order valence-corrected chi connectivity index (χ3v) is 3.02. The van der Waals surface area contributed by atoms with E-state index in [4.69, 9.17) is 0 Å². The minimum atomic E-state index is -0.179. The largest absolute Gasteiger partial charge is 0.393 e. The summed E-state index contributed by atoms with van der Waals surface area (Å²) < 4.78 is 0. The lowest BCUT2D eigenvalue weighted by atomic mass is 9.73. The van der Waals surface area contributed by atoms with Crippen LogP contribution in [-0.4, -0.2) is 24.8 Å². The van der Waals surface area contributed by atoms with Crippen molar-refractivity contribution < 1.29 is 5.11 Å². The number of rotatable bonds is 4. The standard InChI is InChI=1S/C12H23NO/c1-10(14)7-11-5-4-6-12(2,8-11)9-13-3/h4-5,10-11,13-14H,6-9H2,1-3H3. The van der Waals surface area contributed by atoms with Gasteiger partial charge in [-0.3, -0.25) is 0 Å². The van der Waals surface area contributed by atoms with Crippen LogP contribution < -0.4 is 5.32 Å². The minimum Gasteiger partial charge on any atom is -0.393 e. The lowest BCUT2D eigenvalue weighted by molar-refractivity contribution is 0.145. The van der Waals surface area contributed by atoms with Gasteiger partial charge in [0.2, 0.25) is 0 Å². The van der Waals surface area contributed by atoms with Gasteiger partial charge >= 0.3 is 0 Å². The smallest absolute Gasteiger partial charge is 0.0517 e. The summed E-state index contributed by atoms with van der Waals surface area (Å²) in [5.41, 5.74) is 0.378. The maximum absolute atomic E-state index is 9.36. The van der Waals surface area contributed by atoms with E-state index in [2.05, 4.69) is 24.4 Å². The van der Waals surface area contributed by atoms with Crippen molar-refractivity contribution >= 4 is 0 Å². The van der Waals surface area contributed by atoms with Crippen LogP contribution in [0.25, 0.3) is 0 Å². The van der Waals surface area contributed by atoms with Gasteiger partial charge in [-0.15, -0.1) is 0 Å². The number of hydrogen-bond donors (Lipinski definition) is 2. The van der Waals surface area contributed by atoms with E-state index in [-0.39, 0.29) is 6.10 Å². The maximum Gasteiger partial charge on any atom is 0.0517 e. The molecule has 2 N–H and O–H groups in total. The van der Waals surface area contributed by atoms with Gasteiger partial charge < -0.3 is 10.4 Å². The molecule has 0 aromatic heterocycles. The van der Waals surface area contributed by atoms with Gasteiger partial charge in [-0.05, 0) is 44.6 Å². The number of aliphatic hydroxyl groups is 1. The highest BCUT2D eigenvalue weighted by Gasteiger charge is 2.28. The van der Waals surface area contributed by atoms with Crippen LogP contribution in [0.2, 0.25) is 0 Å². The summed E-state index contributed by atoms with van der Waals surface area (Å²) in [4.78, 5) is 0. The Morgan fingerprint density at radius 2 is 2.36 bits per heavy atom. The van der Waals surface area contributed by atoms with Gasteiger partial charge in [0.05, 0.1) is 6.10 Å². The molecule has 0 saturated heterocycles. The molecule has 3 unspecified atom stereocenters. The minimum absolute atomic E-state index is 0.179. The van der Waals surface area contributed by atoms with Gasteiger partial charge in [0, 0.05) is 6.54 Å². The topological polar surface area (TPSA) is 32.3 Å². The summed E-state index contributed by atoms with van der Waals surface area (Å²) in [7, 11) is 2.01. The monoisotopic (exact) mass is 197 g/mol. The molecule has 0 spiro atoms. The Morgan fingerprint density at radius 1 is 1.64 bits per heavy atom. The first-order chi connectivity index (χ1) is 6.56. The van der Waals surface area contributed by atoms with E-state index in [1.807, 2.05) is 14.0 Å². The summed E-state index contributed by atoms with van der Waals surface area (Å²) in [5.74, 6) is 0.557. The van der Waals surface area contributed by atoms with Gasteiger partial charge in [0.25, 0.3) is 0 Å². The average molecular weight is 197 g/mol. The maximum atomic E-state index is 9.36. The second-order valence-electron chi connectivity index (χ2n) is 5.02. The third-order valence-electron chi connectivity index (χ3n) is 3.02. The number of allylic oxidation sites excluding steroid dienone is 2. The molecule has 2 nitrogen and oxygen atoms in total. The van der Waals surface area contributed by atoms with E-state index < -0.39 is 0 Å². The zero-order valence-corrected chi connectivity index (χ0v) is 9.59. The molecule has 0 amide bonds. The molecule has 0 aromatic rings. The molecule has 1 rings (SSSR count). The first-order valence-corrected chi connectivity index (χ1v) is 5.55. The van der Waals surface area contributed by atoms with Crippen LogP contribution in [-0.2, 0) is 0 Å². The van der Waals surface area contributed by atoms with E-state index in [9.17, 15) is 5.11 Å². The predicted octanol–water partition coefficient (Wildman–Crippen LogP) is 1.95. The summed E-state index contributed by atoms with van der Waals surface area (Å²) in [5, 5.41) is 12.6. The normalized spacial score (nSPS) is 34.4. The third kappa shape index (κ3) is 3.43. The van der Waals surface area contributed by atoms with Crippen molar-refractivity contribution in [2.45, 2.75) is 39.2 Å². The molecule has 0 fully saturated rings. The first-order valence-electron chi connectivity index (χ1n) is 5.55. The van der Waals surface area contributed by atoms with Gasteiger partial charge in [-0.25, -0.2) is 0 Å². The summed E-state index contributed by atoms with van der Waals surface area (Å²) in [6, 6.07) is 0.